The van der Waals surface area contributed by atoms with Gasteiger partial charge in [-0.2, -0.15) is 0 Å². The quantitative estimate of drug-likeness (QED) is 0.803. The zero-order valence-corrected chi connectivity index (χ0v) is 10.2. The van der Waals surface area contributed by atoms with Crippen molar-refractivity contribution in [2.45, 2.75) is 19.4 Å². The summed E-state index contributed by atoms with van der Waals surface area (Å²) in [5.41, 5.74) is 1.36. The lowest BCUT2D eigenvalue weighted by molar-refractivity contribution is -0.118. The van der Waals surface area contributed by atoms with E-state index in [-0.39, 0.29) is 12.5 Å². The van der Waals surface area contributed by atoms with E-state index < -0.39 is 6.10 Å². The minimum atomic E-state index is -0.596. The highest BCUT2D eigenvalue weighted by Crippen LogP contribution is 2.33. The number of aliphatic hydroxyl groups is 1. The van der Waals surface area contributed by atoms with Crippen LogP contribution in [0.5, 0.6) is 5.75 Å². The first-order chi connectivity index (χ1) is 8.63. The zero-order chi connectivity index (χ0) is 13.1. The Balaban J connectivity index is 2.48. The molecule has 1 amide bonds. The van der Waals surface area contributed by atoms with E-state index in [0.29, 0.717) is 24.5 Å². The third-order valence-corrected chi connectivity index (χ3v) is 2.88. The maximum Gasteiger partial charge on any atom is 0.231 e. The number of carbonyl (C=O) groups is 1. The second-order valence-corrected chi connectivity index (χ2v) is 4.19. The van der Waals surface area contributed by atoms with Crippen LogP contribution in [0, 0.1) is 12.3 Å². The van der Waals surface area contributed by atoms with Crippen molar-refractivity contribution in [1.29, 1.82) is 0 Å². The van der Waals surface area contributed by atoms with Crippen molar-refractivity contribution < 1.29 is 14.6 Å². The third-order valence-electron chi connectivity index (χ3n) is 2.88. The second-order valence-electron chi connectivity index (χ2n) is 4.19. The Morgan fingerprint density at radius 3 is 3.06 bits per heavy atom. The number of hydrogen-bond donors (Lipinski definition) is 1. The Bertz CT molecular complexity index is 502. The number of amides is 1. The molecule has 0 fully saturated rings. The van der Waals surface area contributed by atoms with E-state index in [0.717, 1.165) is 5.56 Å². The van der Waals surface area contributed by atoms with Crippen molar-refractivity contribution >= 4 is 11.6 Å². The van der Waals surface area contributed by atoms with Crippen LogP contribution >= 0.6 is 0 Å². The Morgan fingerprint density at radius 1 is 1.61 bits per heavy atom. The summed E-state index contributed by atoms with van der Waals surface area (Å²) < 4.78 is 5.52. The molecule has 4 heteroatoms. The number of anilines is 1. The lowest BCUT2D eigenvalue weighted by Crippen LogP contribution is -2.30. The van der Waals surface area contributed by atoms with Crippen molar-refractivity contribution in [3.05, 3.63) is 23.8 Å². The van der Waals surface area contributed by atoms with Gasteiger partial charge in [-0.15, -0.1) is 6.42 Å². The molecule has 0 radical (unpaired) electrons. The van der Waals surface area contributed by atoms with Gasteiger partial charge in [-0.05, 0) is 24.6 Å². The number of aliphatic hydroxyl groups excluding tert-OH is 1. The molecule has 1 N–H and O–H groups in total. The molecule has 1 aliphatic heterocycles. The molecule has 18 heavy (non-hydrogen) atoms. The summed E-state index contributed by atoms with van der Waals surface area (Å²) in [6.07, 6.45) is 5.00. The van der Waals surface area contributed by atoms with Crippen LogP contribution in [0.4, 0.5) is 5.69 Å². The van der Waals surface area contributed by atoms with Crippen LogP contribution in [0.1, 0.15) is 25.0 Å². The number of nitrogens with zero attached hydrogens (tertiary/aromatic N) is 1. The first kappa shape index (κ1) is 12.5. The van der Waals surface area contributed by atoms with Gasteiger partial charge >= 0.3 is 0 Å². The van der Waals surface area contributed by atoms with E-state index in [1.165, 1.54) is 4.90 Å². The van der Waals surface area contributed by atoms with Crippen molar-refractivity contribution in [2.24, 2.45) is 0 Å². The van der Waals surface area contributed by atoms with Gasteiger partial charge in [0.25, 0.3) is 0 Å². The van der Waals surface area contributed by atoms with Gasteiger partial charge in [0, 0.05) is 0 Å². The van der Waals surface area contributed by atoms with E-state index in [9.17, 15) is 9.90 Å². The maximum atomic E-state index is 11.9. The van der Waals surface area contributed by atoms with Crippen LogP contribution in [0.2, 0.25) is 0 Å². The predicted molar refractivity (Wildman–Crippen MR) is 68.4 cm³/mol. The lowest BCUT2D eigenvalue weighted by atomic mass is 10.1. The molecule has 1 unspecified atom stereocenters. The minimum Gasteiger partial charge on any atom is -0.491 e. The fourth-order valence-corrected chi connectivity index (χ4v) is 1.91. The topological polar surface area (TPSA) is 49.8 Å². The SMILES string of the molecule is C#CCN1C(=O)CCOc2ccc(C(C)O)cc21. The Labute approximate surface area is 106 Å². The van der Waals surface area contributed by atoms with Gasteiger partial charge in [-0.3, -0.25) is 9.69 Å². The molecule has 1 aromatic carbocycles. The fourth-order valence-electron chi connectivity index (χ4n) is 1.91. The van der Waals surface area contributed by atoms with Crippen LogP contribution in [0.3, 0.4) is 0 Å². The largest absolute Gasteiger partial charge is 0.491 e. The summed E-state index contributed by atoms with van der Waals surface area (Å²) in [6.45, 7) is 2.23. The predicted octanol–water partition coefficient (Wildman–Crippen LogP) is 1.49. The smallest absolute Gasteiger partial charge is 0.231 e. The molecule has 1 aliphatic rings. The first-order valence-electron chi connectivity index (χ1n) is 5.82. The van der Waals surface area contributed by atoms with Crippen LogP contribution in [-0.2, 0) is 4.79 Å². The van der Waals surface area contributed by atoms with Crippen molar-refractivity contribution in [3.8, 4) is 18.1 Å². The Kier molecular flexibility index (Phi) is 3.54. The average Bonchev–Trinajstić information content (AvgIpc) is 2.50. The van der Waals surface area contributed by atoms with Crippen LogP contribution in [0.15, 0.2) is 18.2 Å². The number of benzene rings is 1. The molecule has 94 valence electrons. The number of hydrogen-bond acceptors (Lipinski definition) is 3. The molecule has 0 spiro atoms. The third kappa shape index (κ3) is 2.31. The van der Waals surface area contributed by atoms with Crippen LogP contribution < -0.4 is 9.64 Å². The van der Waals surface area contributed by atoms with Gasteiger partial charge in [0.1, 0.15) is 5.75 Å². The van der Waals surface area contributed by atoms with Gasteiger partial charge in [-0.25, -0.2) is 0 Å². The summed E-state index contributed by atoms with van der Waals surface area (Å²) in [7, 11) is 0. The Morgan fingerprint density at radius 2 is 2.39 bits per heavy atom. The molecule has 0 saturated heterocycles. The highest BCUT2D eigenvalue weighted by atomic mass is 16.5. The molecule has 1 heterocycles. The van der Waals surface area contributed by atoms with Crippen molar-refractivity contribution in [2.75, 3.05) is 18.1 Å². The number of terminal acetylenes is 1. The lowest BCUT2D eigenvalue weighted by Gasteiger charge is -2.20. The van der Waals surface area contributed by atoms with Gasteiger partial charge in [-0.1, -0.05) is 12.0 Å². The maximum absolute atomic E-state index is 11.9. The molecular formula is C14H15NO3. The van der Waals surface area contributed by atoms with Gasteiger partial charge < -0.3 is 9.84 Å². The van der Waals surface area contributed by atoms with Crippen molar-refractivity contribution in [3.63, 3.8) is 0 Å². The Hall–Kier alpha value is -1.99. The monoisotopic (exact) mass is 245 g/mol. The van der Waals surface area contributed by atoms with Crippen LogP contribution in [-0.4, -0.2) is 24.2 Å². The summed E-state index contributed by atoms with van der Waals surface area (Å²) >= 11 is 0. The molecule has 1 aromatic rings. The van der Waals surface area contributed by atoms with E-state index in [1.807, 2.05) is 0 Å². The van der Waals surface area contributed by atoms with E-state index in [1.54, 1.807) is 25.1 Å². The highest BCUT2D eigenvalue weighted by molar-refractivity contribution is 5.96. The first-order valence-corrected chi connectivity index (χ1v) is 5.82. The van der Waals surface area contributed by atoms with E-state index in [4.69, 9.17) is 11.2 Å². The molecule has 0 saturated carbocycles. The number of rotatable bonds is 2. The van der Waals surface area contributed by atoms with Crippen LogP contribution in [0.25, 0.3) is 0 Å². The van der Waals surface area contributed by atoms with E-state index in [2.05, 4.69) is 5.92 Å². The van der Waals surface area contributed by atoms with Crippen molar-refractivity contribution in [1.82, 2.24) is 0 Å². The summed E-state index contributed by atoms with van der Waals surface area (Å²) in [6, 6.07) is 5.30. The van der Waals surface area contributed by atoms with Gasteiger partial charge in [0.2, 0.25) is 5.91 Å². The molecule has 0 aromatic heterocycles. The number of carbonyl (C=O) groups excluding carboxylic acids is 1. The second kappa shape index (κ2) is 5.11. The number of ether oxygens (including phenoxy) is 1. The molecule has 0 bridgehead atoms. The average molecular weight is 245 g/mol. The molecular weight excluding hydrogens is 230 g/mol. The summed E-state index contributed by atoms with van der Waals surface area (Å²) in [5, 5.41) is 9.59. The zero-order valence-electron chi connectivity index (χ0n) is 10.2. The minimum absolute atomic E-state index is 0.0607. The highest BCUT2D eigenvalue weighted by Gasteiger charge is 2.23. The normalized spacial score (nSPS) is 16.3. The molecule has 2 rings (SSSR count). The summed E-state index contributed by atoms with van der Waals surface area (Å²) in [5.74, 6) is 3.04. The molecule has 4 nitrogen and oxygen atoms in total. The fraction of sp³-hybridized carbons (Fsp3) is 0.357. The standard InChI is InChI=1S/C14H15NO3/c1-3-7-15-12-9-11(10(2)16)4-5-13(12)18-8-6-14(15)17/h1,4-5,9-10,16H,6-8H2,2H3. The molecule has 0 aliphatic carbocycles. The van der Waals surface area contributed by atoms with Gasteiger partial charge in [0.05, 0.1) is 31.4 Å². The van der Waals surface area contributed by atoms with Gasteiger partial charge in [0.15, 0.2) is 0 Å². The summed E-state index contributed by atoms with van der Waals surface area (Å²) in [4.78, 5) is 13.5. The molecule has 1 atom stereocenters. The van der Waals surface area contributed by atoms with E-state index >= 15 is 0 Å². The number of fused-ring (bicyclic) bond motifs is 1.